The molecule has 1 unspecified atom stereocenters. The van der Waals surface area contributed by atoms with Crippen LogP contribution in [0, 0.1) is 14.8 Å². The van der Waals surface area contributed by atoms with Crippen LogP contribution in [0.5, 0.6) is 0 Å². The third kappa shape index (κ3) is 2.67. The predicted molar refractivity (Wildman–Crippen MR) is 65.5 cm³/mol. The molecule has 0 saturated carbocycles. The highest BCUT2D eigenvalue weighted by Crippen LogP contribution is 2.33. The van der Waals surface area contributed by atoms with Gasteiger partial charge < -0.3 is 5.73 Å². The molecule has 1 rings (SSSR count). The van der Waals surface area contributed by atoms with Crippen molar-refractivity contribution in [2.75, 3.05) is 0 Å². The van der Waals surface area contributed by atoms with Crippen molar-refractivity contribution in [1.82, 2.24) is 0 Å². The van der Waals surface area contributed by atoms with E-state index >= 15 is 0 Å². The average molecular weight is 307 g/mol. The lowest BCUT2D eigenvalue weighted by Crippen LogP contribution is -2.27. The lowest BCUT2D eigenvalue weighted by atomic mass is 9.83. The normalized spacial score (nSPS) is 14.1. The molecule has 1 aromatic rings. The second kappa shape index (κ2) is 4.14. The van der Waals surface area contributed by atoms with Crippen molar-refractivity contribution in [3.63, 3.8) is 0 Å². The number of nitrogens with two attached hydrogens (primary N) is 1. The van der Waals surface area contributed by atoms with E-state index < -0.39 is 0 Å². The topological polar surface area (TPSA) is 26.0 Å². The van der Waals surface area contributed by atoms with E-state index in [9.17, 15) is 4.39 Å². The average Bonchev–Trinajstić information content (AvgIpc) is 2.06. The SMILES string of the molecule is CC(C)(C)C(N)c1cc(F)ccc1I. The summed E-state index contributed by atoms with van der Waals surface area (Å²) >= 11 is 2.19. The fraction of sp³-hybridized carbons (Fsp3) is 0.455. The fourth-order valence-corrected chi connectivity index (χ4v) is 1.89. The molecule has 0 heterocycles. The summed E-state index contributed by atoms with van der Waals surface area (Å²) in [6.07, 6.45) is 0. The quantitative estimate of drug-likeness (QED) is 0.790. The minimum atomic E-state index is -0.222. The van der Waals surface area contributed by atoms with E-state index in [0.717, 1.165) is 9.13 Å². The third-order valence-corrected chi connectivity index (χ3v) is 3.21. The Hall–Kier alpha value is -0.160. The summed E-state index contributed by atoms with van der Waals surface area (Å²) < 4.78 is 14.1. The van der Waals surface area contributed by atoms with Crippen molar-refractivity contribution < 1.29 is 4.39 Å². The molecular formula is C11H15FIN. The Bertz CT molecular complexity index is 331. The zero-order valence-corrected chi connectivity index (χ0v) is 10.8. The highest BCUT2D eigenvalue weighted by molar-refractivity contribution is 14.1. The summed E-state index contributed by atoms with van der Waals surface area (Å²) in [6.45, 7) is 6.16. The lowest BCUT2D eigenvalue weighted by Gasteiger charge is -2.28. The van der Waals surface area contributed by atoms with Gasteiger partial charge in [0.1, 0.15) is 5.82 Å². The first-order chi connectivity index (χ1) is 6.32. The molecule has 0 saturated heterocycles. The van der Waals surface area contributed by atoms with Gasteiger partial charge in [-0.2, -0.15) is 0 Å². The maximum absolute atomic E-state index is 13.0. The minimum Gasteiger partial charge on any atom is -0.323 e. The zero-order valence-electron chi connectivity index (χ0n) is 8.64. The fourth-order valence-electron chi connectivity index (χ4n) is 1.22. The minimum absolute atomic E-state index is 0.0479. The smallest absolute Gasteiger partial charge is 0.123 e. The van der Waals surface area contributed by atoms with Crippen LogP contribution in [0.4, 0.5) is 4.39 Å². The summed E-state index contributed by atoms with van der Waals surface area (Å²) in [6, 6.07) is 4.61. The molecule has 1 aromatic carbocycles. The summed E-state index contributed by atoms with van der Waals surface area (Å²) in [5.74, 6) is -0.222. The first kappa shape index (κ1) is 11.9. The van der Waals surface area contributed by atoms with Gasteiger partial charge >= 0.3 is 0 Å². The van der Waals surface area contributed by atoms with Gasteiger partial charge in [-0.1, -0.05) is 20.8 Å². The molecule has 0 aromatic heterocycles. The van der Waals surface area contributed by atoms with Crippen LogP contribution in [-0.2, 0) is 0 Å². The summed E-state index contributed by atoms with van der Waals surface area (Å²) in [5, 5.41) is 0. The molecule has 14 heavy (non-hydrogen) atoms. The zero-order chi connectivity index (χ0) is 10.9. The third-order valence-electron chi connectivity index (χ3n) is 2.23. The predicted octanol–water partition coefficient (Wildman–Crippen LogP) is 3.48. The van der Waals surface area contributed by atoms with Gasteiger partial charge in [0, 0.05) is 9.61 Å². The van der Waals surface area contributed by atoms with Crippen LogP contribution in [-0.4, -0.2) is 0 Å². The Morgan fingerprint density at radius 2 is 1.93 bits per heavy atom. The van der Waals surface area contributed by atoms with Crippen molar-refractivity contribution in [2.24, 2.45) is 11.1 Å². The Balaban J connectivity index is 3.12. The van der Waals surface area contributed by atoms with E-state index in [2.05, 4.69) is 43.4 Å². The summed E-state index contributed by atoms with van der Waals surface area (Å²) in [4.78, 5) is 0. The highest BCUT2D eigenvalue weighted by Gasteiger charge is 2.24. The number of rotatable bonds is 1. The first-order valence-corrected chi connectivity index (χ1v) is 5.61. The van der Waals surface area contributed by atoms with Crippen LogP contribution in [0.3, 0.4) is 0 Å². The van der Waals surface area contributed by atoms with Crippen LogP contribution in [0.2, 0.25) is 0 Å². The van der Waals surface area contributed by atoms with E-state index in [1.807, 2.05) is 0 Å². The molecule has 0 fully saturated rings. The van der Waals surface area contributed by atoms with E-state index in [-0.39, 0.29) is 17.3 Å². The maximum atomic E-state index is 13.0. The molecule has 0 aliphatic rings. The molecule has 0 radical (unpaired) electrons. The van der Waals surface area contributed by atoms with E-state index in [0.29, 0.717) is 0 Å². The van der Waals surface area contributed by atoms with Crippen molar-refractivity contribution in [3.8, 4) is 0 Å². The summed E-state index contributed by atoms with van der Waals surface area (Å²) in [5.41, 5.74) is 6.91. The highest BCUT2D eigenvalue weighted by atomic mass is 127. The van der Waals surface area contributed by atoms with Crippen molar-refractivity contribution in [2.45, 2.75) is 26.8 Å². The number of halogens is 2. The van der Waals surface area contributed by atoms with Crippen LogP contribution in [0.25, 0.3) is 0 Å². The Labute approximate surface area is 98.0 Å². The number of benzene rings is 1. The maximum Gasteiger partial charge on any atom is 0.123 e. The molecule has 0 spiro atoms. The molecule has 0 aliphatic carbocycles. The first-order valence-electron chi connectivity index (χ1n) is 4.53. The van der Waals surface area contributed by atoms with Crippen LogP contribution in [0.15, 0.2) is 18.2 Å². The molecular weight excluding hydrogens is 292 g/mol. The van der Waals surface area contributed by atoms with Gasteiger partial charge in [-0.15, -0.1) is 0 Å². The largest absolute Gasteiger partial charge is 0.323 e. The van der Waals surface area contributed by atoms with Crippen molar-refractivity contribution in [3.05, 3.63) is 33.1 Å². The molecule has 2 N–H and O–H groups in total. The molecule has 1 nitrogen and oxygen atoms in total. The van der Waals surface area contributed by atoms with E-state index in [1.54, 1.807) is 6.07 Å². The van der Waals surface area contributed by atoms with Gasteiger partial charge in [-0.25, -0.2) is 4.39 Å². The van der Waals surface area contributed by atoms with Crippen molar-refractivity contribution >= 4 is 22.6 Å². The molecule has 78 valence electrons. The Morgan fingerprint density at radius 1 is 1.36 bits per heavy atom. The van der Waals surface area contributed by atoms with Gasteiger partial charge in [0.05, 0.1) is 0 Å². The van der Waals surface area contributed by atoms with Gasteiger partial charge in [0.15, 0.2) is 0 Å². The Morgan fingerprint density at radius 3 is 2.43 bits per heavy atom. The number of hydrogen-bond donors (Lipinski definition) is 1. The second-order valence-corrected chi connectivity index (χ2v) is 5.67. The lowest BCUT2D eigenvalue weighted by molar-refractivity contribution is 0.325. The van der Waals surface area contributed by atoms with Crippen LogP contribution >= 0.6 is 22.6 Å². The second-order valence-electron chi connectivity index (χ2n) is 4.51. The molecule has 3 heteroatoms. The summed E-state index contributed by atoms with van der Waals surface area (Å²) in [7, 11) is 0. The van der Waals surface area contributed by atoms with E-state index in [1.165, 1.54) is 12.1 Å². The Kier molecular flexibility index (Phi) is 3.53. The molecule has 1 atom stereocenters. The van der Waals surface area contributed by atoms with Crippen LogP contribution in [0.1, 0.15) is 32.4 Å². The monoisotopic (exact) mass is 307 g/mol. The van der Waals surface area contributed by atoms with Gasteiger partial charge in [0.2, 0.25) is 0 Å². The standard InChI is InChI=1S/C11H15FIN/c1-11(2,3)10(14)8-6-7(12)4-5-9(8)13/h4-6,10H,14H2,1-3H3. The molecule has 0 aliphatic heterocycles. The van der Waals surface area contributed by atoms with Gasteiger partial charge in [0.25, 0.3) is 0 Å². The number of hydrogen-bond acceptors (Lipinski definition) is 1. The van der Waals surface area contributed by atoms with E-state index in [4.69, 9.17) is 5.73 Å². The molecule has 0 bridgehead atoms. The van der Waals surface area contributed by atoms with Crippen molar-refractivity contribution in [1.29, 1.82) is 0 Å². The van der Waals surface area contributed by atoms with Gasteiger partial charge in [-0.3, -0.25) is 0 Å². The molecule has 0 amide bonds. The van der Waals surface area contributed by atoms with Gasteiger partial charge in [-0.05, 0) is 51.8 Å². The van der Waals surface area contributed by atoms with Crippen LogP contribution < -0.4 is 5.73 Å².